The number of rotatable bonds is 5. The SMILES string of the molecule is O=C(O)c1ccc(NC(=O)C2(Cc3ccccc3)CCC2)c(F)c1. The summed E-state index contributed by atoms with van der Waals surface area (Å²) in [4.78, 5) is 23.5. The highest BCUT2D eigenvalue weighted by Crippen LogP contribution is 2.44. The molecule has 5 heteroatoms. The number of nitrogens with one attached hydrogen (secondary N) is 1. The van der Waals surface area contributed by atoms with Crippen LogP contribution in [0.2, 0.25) is 0 Å². The van der Waals surface area contributed by atoms with Gasteiger partial charge in [0.15, 0.2) is 0 Å². The van der Waals surface area contributed by atoms with E-state index in [9.17, 15) is 14.0 Å². The second-order valence-electron chi connectivity index (χ2n) is 6.25. The van der Waals surface area contributed by atoms with E-state index in [1.54, 1.807) is 0 Å². The normalized spacial score (nSPS) is 15.4. The number of carbonyl (C=O) groups excluding carboxylic acids is 1. The van der Waals surface area contributed by atoms with Gasteiger partial charge < -0.3 is 10.4 Å². The molecule has 2 aromatic carbocycles. The van der Waals surface area contributed by atoms with Gasteiger partial charge in [-0.05, 0) is 43.0 Å². The molecule has 0 aliphatic heterocycles. The maximum Gasteiger partial charge on any atom is 0.335 e. The van der Waals surface area contributed by atoms with Crippen molar-refractivity contribution in [3.63, 3.8) is 0 Å². The van der Waals surface area contributed by atoms with Gasteiger partial charge in [0.05, 0.1) is 16.7 Å². The summed E-state index contributed by atoms with van der Waals surface area (Å²) in [5, 5.41) is 11.5. The third-order valence-electron chi connectivity index (χ3n) is 4.64. The first-order valence-corrected chi connectivity index (χ1v) is 7.88. The Morgan fingerprint density at radius 2 is 1.83 bits per heavy atom. The topological polar surface area (TPSA) is 66.4 Å². The molecule has 124 valence electrons. The minimum absolute atomic E-state index is 0.0179. The summed E-state index contributed by atoms with van der Waals surface area (Å²) in [6.45, 7) is 0. The molecule has 1 fully saturated rings. The van der Waals surface area contributed by atoms with Gasteiger partial charge in [-0.3, -0.25) is 4.79 Å². The van der Waals surface area contributed by atoms with E-state index in [2.05, 4.69) is 5.32 Å². The van der Waals surface area contributed by atoms with E-state index in [1.807, 2.05) is 30.3 Å². The van der Waals surface area contributed by atoms with Crippen molar-refractivity contribution in [3.8, 4) is 0 Å². The van der Waals surface area contributed by atoms with Crippen molar-refractivity contribution in [2.45, 2.75) is 25.7 Å². The molecule has 0 saturated heterocycles. The summed E-state index contributed by atoms with van der Waals surface area (Å²) in [5.74, 6) is -2.15. The van der Waals surface area contributed by atoms with Crippen LogP contribution in [0.5, 0.6) is 0 Å². The maximum atomic E-state index is 14.0. The summed E-state index contributed by atoms with van der Waals surface area (Å²) < 4.78 is 14.0. The fourth-order valence-electron chi connectivity index (χ4n) is 3.08. The standard InChI is InChI=1S/C19H18FNO3/c20-15-11-14(17(22)23)7-8-16(15)21-18(24)19(9-4-10-19)12-13-5-2-1-3-6-13/h1-3,5-8,11H,4,9-10,12H2,(H,21,24)(H,22,23). The first-order chi connectivity index (χ1) is 11.5. The minimum atomic E-state index is -1.20. The number of amides is 1. The molecule has 2 N–H and O–H groups in total. The lowest BCUT2D eigenvalue weighted by Crippen LogP contribution is -2.43. The Hall–Kier alpha value is -2.69. The zero-order valence-electron chi connectivity index (χ0n) is 13.1. The van der Waals surface area contributed by atoms with Crippen LogP contribution in [0, 0.1) is 11.2 Å². The van der Waals surface area contributed by atoms with Gasteiger partial charge in [0.25, 0.3) is 0 Å². The van der Waals surface area contributed by atoms with E-state index in [0.717, 1.165) is 30.9 Å². The molecule has 1 aliphatic carbocycles. The first-order valence-electron chi connectivity index (χ1n) is 7.88. The molecule has 1 aliphatic rings. The fraction of sp³-hybridized carbons (Fsp3) is 0.263. The van der Waals surface area contributed by atoms with Crippen molar-refractivity contribution >= 4 is 17.6 Å². The molecule has 0 atom stereocenters. The number of hydrogen-bond acceptors (Lipinski definition) is 2. The van der Waals surface area contributed by atoms with Gasteiger partial charge in [-0.2, -0.15) is 0 Å². The number of benzene rings is 2. The third kappa shape index (κ3) is 3.15. The predicted octanol–water partition coefficient (Wildman–Crippen LogP) is 3.88. The van der Waals surface area contributed by atoms with Crippen LogP contribution in [0.15, 0.2) is 48.5 Å². The van der Waals surface area contributed by atoms with E-state index in [4.69, 9.17) is 5.11 Å². The highest BCUT2D eigenvalue weighted by Gasteiger charge is 2.44. The van der Waals surface area contributed by atoms with Crippen LogP contribution < -0.4 is 5.32 Å². The molecular formula is C19H18FNO3. The lowest BCUT2D eigenvalue weighted by Gasteiger charge is -2.40. The van der Waals surface area contributed by atoms with Gasteiger partial charge in [0.2, 0.25) is 5.91 Å². The third-order valence-corrected chi connectivity index (χ3v) is 4.64. The van der Waals surface area contributed by atoms with E-state index in [1.165, 1.54) is 12.1 Å². The Labute approximate surface area is 139 Å². The Bertz CT molecular complexity index is 769. The van der Waals surface area contributed by atoms with Gasteiger partial charge in [0, 0.05) is 0 Å². The highest BCUT2D eigenvalue weighted by atomic mass is 19.1. The van der Waals surface area contributed by atoms with Crippen molar-refractivity contribution in [1.29, 1.82) is 0 Å². The number of anilines is 1. The van der Waals surface area contributed by atoms with Gasteiger partial charge in [0.1, 0.15) is 5.82 Å². The number of halogens is 1. The number of aromatic carboxylic acids is 1. The highest BCUT2D eigenvalue weighted by molar-refractivity contribution is 5.97. The lowest BCUT2D eigenvalue weighted by atomic mass is 9.64. The Balaban J connectivity index is 1.77. The van der Waals surface area contributed by atoms with Crippen LogP contribution in [0.4, 0.5) is 10.1 Å². The van der Waals surface area contributed by atoms with Crippen molar-refractivity contribution < 1.29 is 19.1 Å². The van der Waals surface area contributed by atoms with E-state index < -0.39 is 17.2 Å². The van der Waals surface area contributed by atoms with E-state index in [-0.39, 0.29) is 17.2 Å². The van der Waals surface area contributed by atoms with E-state index >= 15 is 0 Å². The molecule has 1 saturated carbocycles. The molecule has 0 aromatic heterocycles. The fourth-order valence-corrected chi connectivity index (χ4v) is 3.08. The Morgan fingerprint density at radius 1 is 1.12 bits per heavy atom. The van der Waals surface area contributed by atoms with Crippen molar-refractivity contribution in [1.82, 2.24) is 0 Å². The van der Waals surface area contributed by atoms with Gasteiger partial charge in [-0.25, -0.2) is 9.18 Å². The molecule has 0 spiro atoms. The van der Waals surface area contributed by atoms with Gasteiger partial charge in [-0.1, -0.05) is 36.8 Å². The summed E-state index contributed by atoms with van der Waals surface area (Å²) >= 11 is 0. The molecule has 4 nitrogen and oxygen atoms in total. The summed E-state index contributed by atoms with van der Waals surface area (Å²) in [5.41, 5.74) is 0.436. The quantitative estimate of drug-likeness (QED) is 0.876. The van der Waals surface area contributed by atoms with Crippen molar-refractivity contribution in [3.05, 3.63) is 65.5 Å². The molecule has 3 rings (SSSR count). The summed E-state index contributed by atoms with van der Waals surface area (Å²) in [6, 6.07) is 13.3. The number of carbonyl (C=O) groups is 2. The monoisotopic (exact) mass is 327 g/mol. The molecule has 0 unspecified atom stereocenters. The maximum absolute atomic E-state index is 14.0. The number of hydrogen-bond donors (Lipinski definition) is 2. The van der Waals surface area contributed by atoms with Crippen molar-refractivity contribution in [2.24, 2.45) is 5.41 Å². The van der Waals surface area contributed by atoms with Crippen molar-refractivity contribution in [2.75, 3.05) is 5.32 Å². The zero-order chi connectivity index (χ0) is 17.2. The summed E-state index contributed by atoms with van der Waals surface area (Å²) in [7, 11) is 0. The molecule has 0 radical (unpaired) electrons. The number of carboxylic acid groups (broad SMARTS) is 1. The minimum Gasteiger partial charge on any atom is -0.478 e. The van der Waals surface area contributed by atoms with Gasteiger partial charge in [-0.15, -0.1) is 0 Å². The first kappa shape index (κ1) is 16.2. The molecule has 24 heavy (non-hydrogen) atoms. The zero-order valence-corrected chi connectivity index (χ0v) is 13.1. The van der Waals surface area contributed by atoms with E-state index in [0.29, 0.717) is 6.42 Å². The second-order valence-corrected chi connectivity index (χ2v) is 6.25. The van der Waals surface area contributed by atoms with Crippen LogP contribution >= 0.6 is 0 Å². The average molecular weight is 327 g/mol. The second kappa shape index (κ2) is 6.43. The number of carboxylic acids is 1. The Kier molecular flexibility index (Phi) is 4.34. The smallest absolute Gasteiger partial charge is 0.335 e. The molecular weight excluding hydrogens is 309 g/mol. The van der Waals surface area contributed by atoms with Crippen LogP contribution in [0.25, 0.3) is 0 Å². The van der Waals surface area contributed by atoms with Crippen LogP contribution in [-0.2, 0) is 11.2 Å². The molecule has 0 heterocycles. The Morgan fingerprint density at radius 3 is 2.38 bits per heavy atom. The largest absolute Gasteiger partial charge is 0.478 e. The molecule has 1 amide bonds. The van der Waals surface area contributed by atoms with Crippen LogP contribution in [0.3, 0.4) is 0 Å². The molecule has 0 bridgehead atoms. The van der Waals surface area contributed by atoms with Gasteiger partial charge >= 0.3 is 5.97 Å². The average Bonchev–Trinajstić information content (AvgIpc) is 2.53. The van der Waals surface area contributed by atoms with Crippen LogP contribution in [-0.4, -0.2) is 17.0 Å². The summed E-state index contributed by atoms with van der Waals surface area (Å²) in [6.07, 6.45) is 3.13. The molecule has 2 aromatic rings. The lowest BCUT2D eigenvalue weighted by molar-refractivity contribution is -0.130. The predicted molar refractivity (Wildman–Crippen MR) is 88.4 cm³/mol. The van der Waals surface area contributed by atoms with Crippen LogP contribution in [0.1, 0.15) is 35.2 Å².